The van der Waals surface area contributed by atoms with Gasteiger partial charge in [-0.2, -0.15) is 0 Å². The lowest BCUT2D eigenvalue weighted by Crippen LogP contribution is -2.35. The van der Waals surface area contributed by atoms with Gasteiger partial charge in [0.1, 0.15) is 5.41 Å². The van der Waals surface area contributed by atoms with Crippen LogP contribution in [0.15, 0.2) is 83.4 Å². The number of halogens is 1. The van der Waals surface area contributed by atoms with Crippen LogP contribution in [0.2, 0.25) is 0 Å². The average molecular weight is 489 g/mol. The van der Waals surface area contributed by atoms with E-state index >= 15 is 0 Å². The predicted molar refractivity (Wildman–Crippen MR) is 137 cm³/mol. The summed E-state index contributed by atoms with van der Waals surface area (Å²) in [6.45, 7) is 7.03. The number of fused-ring (bicyclic) bond motifs is 1. The highest BCUT2D eigenvalue weighted by molar-refractivity contribution is 9.10. The van der Waals surface area contributed by atoms with E-state index in [1.54, 1.807) is 0 Å². The molecule has 0 bridgehead atoms. The second kappa shape index (κ2) is 11.1. The summed E-state index contributed by atoms with van der Waals surface area (Å²) in [7, 11) is 0. The number of benzene rings is 3. The highest BCUT2D eigenvalue weighted by Crippen LogP contribution is 2.23. The van der Waals surface area contributed by atoms with Gasteiger partial charge >= 0.3 is 0 Å². The van der Waals surface area contributed by atoms with Gasteiger partial charge in [-0.15, -0.1) is 0 Å². The molecule has 0 saturated heterocycles. The third-order valence-electron chi connectivity index (χ3n) is 5.33. The maximum Gasteiger partial charge on any atom is 0.237 e. The first kappa shape index (κ1) is 23.8. The van der Waals surface area contributed by atoms with Crippen molar-refractivity contribution in [3.63, 3.8) is 0 Å². The summed E-state index contributed by atoms with van der Waals surface area (Å²) in [5, 5.41) is 9.01. The molecule has 0 saturated carbocycles. The van der Waals surface area contributed by atoms with Crippen LogP contribution in [0, 0.1) is 17.3 Å². The molecule has 0 aliphatic carbocycles. The number of amides is 1. The minimum Gasteiger partial charge on any atom is -0.351 e. The molecule has 32 heavy (non-hydrogen) atoms. The van der Waals surface area contributed by atoms with Crippen LogP contribution in [0.25, 0.3) is 10.8 Å². The summed E-state index contributed by atoms with van der Waals surface area (Å²) in [5.41, 5.74) is 1.56. The molecule has 0 aliphatic rings. The SMILES string of the molecule is C[C@@H](NC/C=C/C#CC(C)(C)C(=O)NCc1cccc(Br)c1)c1cccc2ccccc12. The molecule has 3 nitrogen and oxygen atoms in total. The van der Waals surface area contributed by atoms with E-state index in [2.05, 4.69) is 87.8 Å². The van der Waals surface area contributed by atoms with E-state index < -0.39 is 5.41 Å². The predicted octanol–water partition coefficient (Wildman–Crippen LogP) is 6.16. The van der Waals surface area contributed by atoms with E-state index in [1.165, 1.54) is 16.3 Å². The van der Waals surface area contributed by atoms with Gasteiger partial charge < -0.3 is 10.6 Å². The monoisotopic (exact) mass is 488 g/mol. The Morgan fingerprint density at radius 1 is 1.09 bits per heavy atom. The van der Waals surface area contributed by atoms with Crippen molar-refractivity contribution in [2.45, 2.75) is 33.4 Å². The van der Waals surface area contributed by atoms with Gasteiger partial charge in [-0.1, -0.05) is 88.4 Å². The zero-order valence-corrected chi connectivity index (χ0v) is 20.4. The Labute approximate surface area is 199 Å². The van der Waals surface area contributed by atoms with E-state index in [-0.39, 0.29) is 11.9 Å². The highest BCUT2D eigenvalue weighted by atomic mass is 79.9. The second-order valence-electron chi connectivity index (χ2n) is 8.31. The molecule has 0 spiro atoms. The zero-order chi connectivity index (χ0) is 23.0. The molecule has 3 aromatic carbocycles. The lowest BCUT2D eigenvalue weighted by Gasteiger charge is -2.17. The molecule has 0 heterocycles. The lowest BCUT2D eigenvalue weighted by atomic mass is 9.93. The van der Waals surface area contributed by atoms with E-state index in [1.807, 2.05) is 50.3 Å². The van der Waals surface area contributed by atoms with Crippen LogP contribution in [-0.4, -0.2) is 12.5 Å². The first-order chi connectivity index (χ1) is 15.4. The molecule has 0 unspecified atom stereocenters. The molecule has 0 aromatic heterocycles. The minimum atomic E-state index is -0.764. The van der Waals surface area contributed by atoms with Crippen molar-refractivity contribution in [1.29, 1.82) is 0 Å². The number of rotatable bonds is 7. The smallest absolute Gasteiger partial charge is 0.237 e. The number of carbonyl (C=O) groups excluding carboxylic acids is 1. The van der Waals surface area contributed by atoms with Crippen molar-refractivity contribution in [2.24, 2.45) is 5.41 Å². The number of carbonyl (C=O) groups is 1. The summed E-state index contributed by atoms with van der Waals surface area (Å²) in [5.74, 6) is 6.00. The van der Waals surface area contributed by atoms with Gasteiger partial charge in [-0.05, 0) is 60.9 Å². The van der Waals surface area contributed by atoms with E-state index in [0.717, 1.165) is 10.0 Å². The van der Waals surface area contributed by atoms with Gasteiger partial charge in [0.05, 0.1) is 0 Å². The summed E-state index contributed by atoms with van der Waals surface area (Å²) < 4.78 is 0.997. The van der Waals surface area contributed by atoms with Crippen LogP contribution in [0.3, 0.4) is 0 Å². The Morgan fingerprint density at radius 3 is 2.66 bits per heavy atom. The summed E-state index contributed by atoms with van der Waals surface area (Å²) in [6.07, 6.45) is 3.80. The van der Waals surface area contributed by atoms with Crippen LogP contribution < -0.4 is 10.6 Å². The maximum atomic E-state index is 12.5. The fraction of sp³-hybridized carbons (Fsp3) is 0.250. The molecule has 2 N–H and O–H groups in total. The third-order valence-corrected chi connectivity index (χ3v) is 5.82. The van der Waals surface area contributed by atoms with E-state index in [4.69, 9.17) is 0 Å². The topological polar surface area (TPSA) is 41.1 Å². The normalized spacial score (nSPS) is 12.4. The van der Waals surface area contributed by atoms with Crippen LogP contribution >= 0.6 is 15.9 Å². The average Bonchev–Trinajstić information content (AvgIpc) is 2.79. The number of hydrogen-bond acceptors (Lipinski definition) is 2. The fourth-order valence-electron chi connectivity index (χ4n) is 3.43. The fourth-order valence-corrected chi connectivity index (χ4v) is 3.88. The van der Waals surface area contributed by atoms with Gasteiger partial charge in [0.2, 0.25) is 5.91 Å². The van der Waals surface area contributed by atoms with Crippen molar-refractivity contribution in [3.05, 3.63) is 94.5 Å². The molecule has 0 fully saturated rings. The summed E-state index contributed by atoms with van der Waals surface area (Å²) in [4.78, 5) is 12.5. The largest absolute Gasteiger partial charge is 0.351 e. The third kappa shape index (κ3) is 6.56. The van der Waals surface area contributed by atoms with Crippen LogP contribution in [-0.2, 0) is 11.3 Å². The standard InChI is InChI=1S/C28H29BrN2O/c1-21(25-16-10-13-23-12-5-6-15-26(23)25)30-18-8-4-7-17-28(2,3)27(32)31-20-22-11-9-14-24(29)19-22/h4-6,8-16,19,21,30H,18,20H2,1-3H3,(H,31,32)/b8-4+/t21-/m1/s1. The van der Waals surface area contributed by atoms with Crippen molar-refractivity contribution in [1.82, 2.24) is 10.6 Å². The number of allylic oxidation sites excluding steroid dienone is 1. The quantitative estimate of drug-likeness (QED) is 0.391. The molecular weight excluding hydrogens is 460 g/mol. The van der Waals surface area contributed by atoms with Crippen LogP contribution in [0.5, 0.6) is 0 Å². The maximum absolute atomic E-state index is 12.5. The zero-order valence-electron chi connectivity index (χ0n) is 18.8. The first-order valence-electron chi connectivity index (χ1n) is 10.8. The van der Waals surface area contributed by atoms with Crippen LogP contribution in [0.4, 0.5) is 0 Å². The molecular formula is C28H29BrN2O. The Morgan fingerprint density at radius 2 is 1.84 bits per heavy atom. The first-order valence-corrected chi connectivity index (χ1v) is 11.6. The molecule has 1 amide bonds. The Balaban J connectivity index is 1.50. The van der Waals surface area contributed by atoms with E-state index in [0.29, 0.717) is 13.1 Å². The van der Waals surface area contributed by atoms with Crippen molar-refractivity contribution in [3.8, 4) is 11.8 Å². The van der Waals surface area contributed by atoms with Crippen molar-refractivity contribution >= 4 is 32.6 Å². The Hall–Kier alpha value is -2.87. The molecule has 164 valence electrons. The van der Waals surface area contributed by atoms with Crippen molar-refractivity contribution in [2.75, 3.05) is 6.54 Å². The van der Waals surface area contributed by atoms with Gasteiger partial charge in [0.25, 0.3) is 0 Å². The van der Waals surface area contributed by atoms with Gasteiger partial charge in [-0.25, -0.2) is 0 Å². The molecule has 4 heteroatoms. The van der Waals surface area contributed by atoms with Gasteiger partial charge in [0.15, 0.2) is 0 Å². The van der Waals surface area contributed by atoms with Gasteiger partial charge in [-0.3, -0.25) is 4.79 Å². The molecule has 3 aromatic rings. The number of hydrogen-bond donors (Lipinski definition) is 2. The minimum absolute atomic E-state index is 0.0823. The van der Waals surface area contributed by atoms with Crippen molar-refractivity contribution < 1.29 is 4.79 Å². The van der Waals surface area contributed by atoms with E-state index in [9.17, 15) is 4.79 Å². The molecule has 1 atom stereocenters. The highest BCUT2D eigenvalue weighted by Gasteiger charge is 2.24. The second-order valence-corrected chi connectivity index (χ2v) is 9.22. The van der Waals surface area contributed by atoms with Crippen LogP contribution in [0.1, 0.15) is 37.9 Å². The van der Waals surface area contributed by atoms with Gasteiger partial charge in [0, 0.05) is 23.6 Å². The lowest BCUT2D eigenvalue weighted by molar-refractivity contribution is -0.126. The number of nitrogens with one attached hydrogen (secondary N) is 2. The molecule has 0 aliphatic heterocycles. The Kier molecular flexibility index (Phi) is 8.27. The summed E-state index contributed by atoms with van der Waals surface area (Å²) >= 11 is 3.45. The Bertz CT molecular complexity index is 1170. The summed E-state index contributed by atoms with van der Waals surface area (Å²) in [6, 6.07) is 23.0. The molecule has 0 radical (unpaired) electrons. The molecule has 3 rings (SSSR count).